The second-order valence-electron chi connectivity index (χ2n) is 6.79. The molecule has 0 saturated heterocycles. The number of nitrogens with one attached hydrogen (secondary N) is 1. The van der Waals surface area contributed by atoms with E-state index in [2.05, 4.69) is 5.32 Å². The van der Waals surface area contributed by atoms with Crippen molar-refractivity contribution in [3.63, 3.8) is 0 Å². The van der Waals surface area contributed by atoms with Gasteiger partial charge in [0.05, 0.1) is 17.4 Å². The Hall–Kier alpha value is -3.09. The molecule has 0 aliphatic carbocycles. The van der Waals surface area contributed by atoms with E-state index in [0.29, 0.717) is 24.7 Å². The van der Waals surface area contributed by atoms with Crippen LogP contribution in [0.5, 0.6) is 11.5 Å². The monoisotopic (exact) mass is 370 g/mol. The molecule has 0 bridgehead atoms. The van der Waals surface area contributed by atoms with Gasteiger partial charge in [-0.3, -0.25) is 14.9 Å². The Bertz CT molecular complexity index is 833. The summed E-state index contributed by atoms with van der Waals surface area (Å²) in [5.41, 5.74) is 1.68. The summed E-state index contributed by atoms with van der Waals surface area (Å²) >= 11 is 0. The maximum Gasteiger partial charge on any atom is 0.269 e. The number of hydrogen-bond acceptors (Lipinski definition) is 5. The van der Waals surface area contributed by atoms with Gasteiger partial charge in [-0.2, -0.15) is 0 Å². The van der Waals surface area contributed by atoms with Crippen molar-refractivity contribution in [1.29, 1.82) is 0 Å². The average Bonchev–Trinajstić information content (AvgIpc) is 2.66. The number of ether oxygens (including phenoxy) is 2. The van der Waals surface area contributed by atoms with Gasteiger partial charge in [0.2, 0.25) is 5.91 Å². The first-order valence-corrected chi connectivity index (χ1v) is 8.86. The van der Waals surface area contributed by atoms with Gasteiger partial charge in [-0.05, 0) is 29.2 Å². The second-order valence-corrected chi connectivity index (χ2v) is 6.79. The molecule has 0 radical (unpaired) electrons. The molecule has 2 aromatic carbocycles. The molecule has 1 aliphatic rings. The van der Waals surface area contributed by atoms with Crippen molar-refractivity contribution >= 4 is 11.6 Å². The van der Waals surface area contributed by atoms with Gasteiger partial charge in [-0.15, -0.1) is 0 Å². The van der Waals surface area contributed by atoms with Crippen LogP contribution in [0.1, 0.15) is 31.0 Å². The lowest BCUT2D eigenvalue weighted by Gasteiger charge is -2.25. The first kappa shape index (κ1) is 18.7. The van der Waals surface area contributed by atoms with Crippen LogP contribution >= 0.6 is 0 Å². The summed E-state index contributed by atoms with van der Waals surface area (Å²) in [5, 5.41) is 13.8. The molecule has 1 atom stereocenters. The lowest BCUT2D eigenvalue weighted by atomic mass is 9.95. The van der Waals surface area contributed by atoms with E-state index in [0.717, 1.165) is 11.1 Å². The van der Waals surface area contributed by atoms with E-state index in [-0.39, 0.29) is 30.0 Å². The molecule has 7 nitrogen and oxygen atoms in total. The van der Waals surface area contributed by atoms with Crippen molar-refractivity contribution < 1.29 is 19.2 Å². The second kappa shape index (κ2) is 8.07. The molecule has 0 spiro atoms. The number of carbonyl (C=O) groups excluding carboxylic acids is 1. The Balaban J connectivity index is 1.70. The highest BCUT2D eigenvalue weighted by Crippen LogP contribution is 2.34. The first-order valence-electron chi connectivity index (χ1n) is 8.86. The molecule has 27 heavy (non-hydrogen) atoms. The molecule has 142 valence electrons. The molecule has 0 saturated carbocycles. The molecule has 1 heterocycles. The molecular formula is C20H22N2O5. The quantitative estimate of drug-likeness (QED) is 0.621. The van der Waals surface area contributed by atoms with Crippen molar-refractivity contribution in [3.05, 3.63) is 63.7 Å². The van der Waals surface area contributed by atoms with E-state index < -0.39 is 4.92 Å². The third-order valence-corrected chi connectivity index (χ3v) is 4.42. The van der Waals surface area contributed by atoms with Crippen molar-refractivity contribution in [2.24, 2.45) is 5.92 Å². The molecule has 1 unspecified atom stereocenters. The number of nitrogens with zero attached hydrogens (tertiary/aromatic N) is 1. The van der Waals surface area contributed by atoms with Crippen LogP contribution in [0.3, 0.4) is 0 Å². The van der Waals surface area contributed by atoms with Crippen LogP contribution < -0.4 is 14.8 Å². The third kappa shape index (κ3) is 4.55. The maximum atomic E-state index is 12.5. The minimum Gasteiger partial charge on any atom is -0.486 e. The van der Waals surface area contributed by atoms with Gasteiger partial charge < -0.3 is 14.8 Å². The van der Waals surface area contributed by atoms with Crippen LogP contribution in [-0.2, 0) is 11.2 Å². The van der Waals surface area contributed by atoms with Crippen molar-refractivity contribution in [2.75, 3.05) is 13.2 Å². The fourth-order valence-electron chi connectivity index (χ4n) is 3.03. The highest BCUT2D eigenvalue weighted by Gasteiger charge is 2.21. The van der Waals surface area contributed by atoms with Gasteiger partial charge in [0.15, 0.2) is 11.5 Å². The predicted molar refractivity (Wildman–Crippen MR) is 100.0 cm³/mol. The van der Waals surface area contributed by atoms with E-state index in [1.165, 1.54) is 12.1 Å². The zero-order valence-corrected chi connectivity index (χ0v) is 15.3. The van der Waals surface area contributed by atoms with Gasteiger partial charge in [-0.1, -0.05) is 32.0 Å². The normalized spacial score (nSPS) is 13.9. The molecule has 7 heteroatoms. The highest BCUT2D eigenvalue weighted by molar-refractivity contribution is 5.79. The SMILES string of the molecule is CC(C)C(NC(=O)Cc1ccc([N+](=O)[O-])cc1)c1ccc2c(c1)OCCO2. The van der Waals surface area contributed by atoms with E-state index >= 15 is 0 Å². The zero-order chi connectivity index (χ0) is 19.4. The van der Waals surface area contributed by atoms with E-state index in [4.69, 9.17) is 9.47 Å². The summed E-state index contributed by atoms with van der Waals surface area (Å²) in [6.07, 6.45) is 0.158. The molecule has 3 rings (SSSR count). The van der Waals surface area contributed by atoms with Crippen molar-refractivity contribution in [1.82, 2.24) is 5.32 Å². The average molecular weight is 370 g/mol. The molecule has 2 aromatic rings. The standard InChI is InChI=1S/C20H22N2O5/c1-13(2)20(15-5-8-17-18(12-15)27-10-9-26-17)21-19(23)11-14-3-6-16(7-4-14)22(24)25/h3-8,12-13,20H,9-11H2,1-2H3,(H,21,23). The molecule has 0 fully saturated rings. The lowest BCUT2D eigenvalue weighted by Crippen LogP contribution is -2.33. The number of fused-ring (bicyclic) bond motifs is 1. The molecule has 1 N–H and O–H groups in total. The molecular weight excluding hydrogens is 348 g/mol. The van der Waals surface area contributed by atoms with Gasteiger partial charge >= 0.3 is 0 Å². The van der Waals surface area contributed by atoms with Gasteiger partial charge in [0.25, 0.3) is 5.69 Å². The lowest BCUT2D eigenvalue weighted by molar-refractivity contribution is -0.384. The van der Waals surface area contributed by atoms with Crippen molar-refractivity contribution in [3.8, 4) is 11.5 Å². The van der Waals surface area contributed by atoms with Crippen LogP contribution in [0.4, 0.5) is 5.69 Å². The van der Waals surface area contributed by atoms with Crippen LogP contribution in [-0.4, -0.2) is 24.0 Å². The van der Waals surface area contributed by atoms with E-state index in [1.54, 1.807) is 12.1 Å². The van der Waals surface area contributed by atoms with Crippen LogP contribution in [0.25, 0.3) is 0 Å². The number of nitro benzene ring substituents is 1. The maximum absolute atomic E-state index is 12.5. The van der Waals surface area contributed by atoms with Gasteiger partial charge in [-0.25, -0.2) is 0 Å². The number of amides is 1. The summed E-state index contributed by atoms with van der Waals surface area (Å²) in [7, 11) is 0. The summed E-state index contributed by atoms with van der Waals surface area (Å²) in [5.74, 6) is 1.43. The minimum absolute atomic E-state index is 0.00972. The van der Waals surface area contributed by atoms with Crippen LogP contribution in [0.15, 0.2) is 42.5 Å². The number of hydrogen-bond donors (Lipinski definition) is 1. The predicted octanol–water partition coefficient (Wildman–Crippen LogP) is 3.42. The Morgan fingerprint density at radius 1 is 1.11 bits per heavy atom. The van der Waals surface area contributed by atoms with E-state index in [9.17, 15) is 14.9 Å². The Kier molecular flexibility index (Phi) is 5.59. The number of nitro groups is 1. The molecule has 1 amide bonds. The largest absolute Gasteiger partial charge is 0.486 e. The Morgan fingerprint density at radius 3 is 2.41 bits per heavy atom. The Labute approximate surface area is 157 Å². The van der Waals surface area contributed by atoms with Crippen molar-refractivity contribution in [2.45, 2.75) is 26.3 Å². The fraction of sp³-hybridized carbons (Fsp3) is 0.350. The minimum atomic E-state index is -0.458. The van der Waals surface area contributed by atoms with Crippen LogP contribution in [0.2, 0.25) is 0 Å². The topological polar surface area (TPSA) is 90.7 Å². The smallest absolute Gasteiger partial charge is 0.269 e. The third-order valence-electron chi connectivity index (χ3n) is 4.42. The summed E-state index contributed by atoms with van der Waals surface area (Å²) in [4.78, 5) is 22.8. The van der Waals surface area contributed by atoms with Gasteiger partial charge in [0, 0.05) is 12.1 Å². The number of non-ortho nitro benzene ring substituents is 1. The highest BCUT2D eigenvalue weighted by atomic mass is 16.6. The first-order chi connectivity index (χ1) is 12.9. The summed E-state index contributed by atoms with van der Waals surface area (Å²) in [6.45, 7) is 5.11. The summed E-state index contributed by atoms with van der Waals surface area (Å²) in [6, 6.07) is 11.5. The summed E-state index contributed by atoms with van der Waals surface area (Å²) < 4.78 is 11.2. The fourth-order valence-corrected chi connectivity index (χ4v) is 3.03. The Morgan fingerprint density at radius 2 is 1.78 bits per heavy atom. The van der Waals surface area contributed by atoms with E-state index in [1.807, 2.05) is 32.0 Å². The number of carbonyl (C=O) groups is 1. The molecule has 0 aromatic heterocycles. The number of benzene rings is 2. The molecule has 1 aliphatic heterocycles. The van der Waals surface area contributed by atoms with Gasteiger partial charge in [0.1, 0.15) is 13.2 Å². The zero-order valence-electron chi connectivity index (χ0n) is 15.3. The number of rotatable bonds is 6. The van der Waals surface area contributed by atoms with Crippen LogP contribution in [0, 0.1) is 16.0 Å².